The minimum atomic E-state index is -0.799. The molecule has 0 heterocycles. The molecule has 0 saturated carbocycles. The van der Waals surface area contributed by atoms with Crippen LogP contribution in [0.5, 0.6) is 0 Å². The summed E-state index contributed by atoms with van der Waals surface area (Å²) in [5.74, 6) is -0.391. The largest absolute Gasteiger partial charge is 0.481 e. The van der Waals surface area contributed by atoms with Crippen LogP contribution >= 0.6 is 11.8 Å². The van der Waals surface area contributed by atoms with E-state index < -0.39 is 11.4 Å². The Bertz CT molecular complexity index is 377. The number of hydrogen-bond acceptors (Lipinski definition) is 2. The van der Waals surface area contributed by atoms with Gasteiger partial charge in [0.15, 0.2) is 0 Å². The monoisotopic (exact) mass is 242 g/mol. The number of halogens is 1. The van der Waals surface area contributed by atoms with Gasteiger partial charge in [-0.2, -0.15) is 0 Å². The number of carboxylic acids is 1. The highest BCUT2D eigenvalue weighted by atomic mass is 32.2. The predicted octanol–water partition coefficient (Wildman–Crippen LogP) is 3.42. The van der Waals surface area contributed by atoms with Crippen LogP contribution in [-0.2, 0) is 4.79 Å². The van der Waals surface area contributed by atoms with Crippen LogP contribution in [0.15, 0.2) is 29.2 Å². The molecule has 0 fully saturated rings. The predicted molar refractivity (Wildman–Crippen MR) is 63.2 cm³/mol. The zero-order valence-electron chi connectivity index (χ0n) is 9.37. The first kappa shape index (κ1) is 13.0. The Morgan fingerprint density at radius 3 is 2.75 bits per heavy atom. The van der Waals surface area contributed by atoms with E-state index in [0.717, 1.165) is 4.90 Å². The van der Waals surface area contributed by atoms with Crippen LogP contribution in [0.25, 0.3) is 0 Å². The number of hydrogen-bond donors (Lipinski definition) is 1. The SMILES string of the molecule is CC(C)(CCSc1cccc(F)c1)C(=O)O. The van der Waals surface area contributed by atoms with E-state index in [1.807, 2.05) is 6.07 Å². The van der Waals surface area contributed by atoms with Gasteiger partial charge < -0.3 is 5.11 Å². The second-order valence-electron chi connectivity index (χ2n) is 4.24. The first-order valence-electron chi connectivity index (χ1n) is 5.03. The standard InChI is InChI=1S/C12H15FO2S/c1-12(2,11(14)15)6-7-16-10-5-3-4-9(13)8-10/h3-5,8H,6-7H2,1-2H3,(H,14,15). The Morgan fingerprint density at radius 2 is 2.19 bits per heavy atom. The maximum Gasteiger partial charge on any atom is 0.309 e. The molecule has 2 nitrogen and oxygen atoms in total. The summed E-state index contributed by atoms with van der Waals surface area (Å²) in [6.07, 6.45) is 0.559. The third-order valence-corrected chi connectivity index (χ3v) is 3.37. The van der Waals surface area contributed by atoms with E-state index in [-0.39, 0.29) is 5.82 Å². The van der Waals surface area contributed by atoms with Gasteiger partial charge in [-0.15, -0.1) is 11.8 Å². The molecule has 0 saturated heterocycles. The summed E-state index contributed by atoms with van der Waals surface area (Å²) >= 11 is 1.48. The van der Waals surface area contributed by atoms with E-state index in [0.29, 0.717) is 12.2 Å². The highest BCUT2D eigenvalue weighted by Gasteiger charge is 2.26. The Morgan fingerprint density at radius 1 is 1.50 bits per heavy atom. The fraction of sp³-hybridized carbons (Fsp3) is 0.417. The molecule has 16 heavy (non-hydrogen) atoms. The van der Waals surface area contributed by atoms with Crippen molar-refractivity contribution in [2.24, 2.45) is 5.41 Å². The molecule has 4 heteroatoms. The highest BCUT2D eigenvalue weighted by molar-refractivity contribution is 7.99. The zero-order valence-corrected chi connectivity index (χ0v) is 10.2. The first-order valence-corrected chi connectivity index (χ1v) is 6.02. The van der Waals surface area contributed by atoms with Gasteiger partial charge in [-0.05, 0) is 44.2 Å². The van der Waals surface area contributed by atoms with Gasteiger partial charge in [0.05, 0.1) is 5.41 Å². The van der Waals surface area contributed by atoms with Gasteiger partial charge in [-0.1, -0.05) is 6.07 Å². The number of carboxylic acid groups (broad SMARTS) is 1. The van der Waals surface area contributed by atoms with Crippen LogP contribution in [-0.4, -0.2) is 16.8 Å². The molecule has 0 atom stereocenters. The lowest BCUT2D eigenvalue weighted by Gasteiger charge is -2.18. The number of rotatable bonds is 5. The number of thioether (sulfide) groups is 1. The van der Waals surface area contributed by atoms with Gasteiger partial charge >= 0.3 is 5.97 Å². The van der Waals surface area contributed by atoms with E-state index >= 15 is 0 Å². The number of aliphatic carboxylic acids is 1. The minimum Gasteiger partial charge on any atom is -0.481 e. The van der Waals surface area contributed by atoms with Crippen molar-refractivity contribution in [2.45, 2.75) is 25.2 Å². The minimum absolute atomic E-state index is 0.262. The Hall–Kier alpha value is -1.03. The molecule has 1 N–H and O–H groups in total. The molecule has 0 bridgehead atoms. The lowest BCUT2D eigenvalue weighted by molar-refractivity contribution is -0.146. The Balaban J connectivity index is 2.45. The van der Waals surface area contributed by atoms with Crippen LogP contribution < -0.4 is 0 Å². The quantitative estimate of drug-likeness (QED) is 0.804. The van der Waals surface area contributed by atoms with E-state index in [4.69, 9.17) is 5.11 Å². The summed E-state index contributed by atoms with van der Waals surface area (Å²) in [6.45, 7) is 3.39. The van der Waals surface area contributed by atoms with Crippen molar-refractivity contribution in [3.05, 3.63) is 30.1 Å². The van der Waals surface area contributed by atoms with Crippen molar-refractivity contribution in [1.29, 1.82) is 0 Å². The molecule has 1 aromatic carbocycles. The lowest BCUT2D eigenvalue weighted by Crippen LogP contribution is -2.24. The van der Waals surface area contributed by atoms with Crippen molar-refractivity contribution in [1.82, 2.24) is 0 Å². The molecule has 0 aliphatic rings. The summed E-state index contributed by atoms with van der Waals surface area (Å²) in [5.41, 5.74) is -0.722. The third-order valence-electron chi connectivity index (χ3n) is 2.37. The van der Waals surface area contributed by atoms with E-state index in [9.17, 15) is 9.18 Å². The van der Waals surface area contributed by atoms with Crippen LogP contribution in [0.1, 0.15) is 20.3 Å². The van der Waals surface area contributed by atoms with Crippen molar-refractivity contribution in [3.8, 4) is 0 Å². The zero-order chi connectivity index (χ0) is 12.2. The second kappa shape index (κ2) is 5.34. The molecule has 1 aromatic rings. The summed E-state index contributed by atoms with van der Waals surface area (Å²) in [4.78, 5) is 11.7. The van der Waals surface area contributed by atoms with Crippen LogP contribution in [0.3, 0.4) is 0 Å². The van der Waals surface area contributed by atoms with Crippen LogP contribution in [0, 0.1) is 11.2 Å². The van der Waals surface area contributed by atoms with Gasteiger partial charge in [0.25, 0.3) is 0 Å². The van der Waals surface area contributed by atoms with Crippen molar-refractivity contribution in [3.63, 3.8) is 0 Å². The molecule has 1 rings (SSSR count). The van der Waals surface area contributed by atoms with Gasteiger partial charge in [0, 0.05) is 4.90 Å². The van der Waals surface area contributed by atoms with E-state index in [2.05, 4.69) is 0 Å². The molecular weight excluding hydrogens is 227 g/mol. The van der Waals surface area contributed by atoms with Crippen LogP contribution in [0.2, 0.25) is 0 Å². The molecule has 0 aliphatic carbocycles. The first-order chi connectivity index (χ1) is 7.42. The maximum atomic E-state index is 12.8. The average Bonchev–Trinajstić information content (AvgIpc) is 2.17. The number of benzene rings is 1. The highest BCUT2D eigenvalue weighted by Crippen LogP contribution is 2.26. The van der Waals surface area contributed by atoms with Gasteiger partial charge in [0.2, 0.25) is 0 Å². The molecular formula is C12H15FO2S. The van der Waals surface area contributed by atoms with Gasteiger partial charge in [-0.3, -0.25) is 4.79 Å². The van der Waals surface area contributed by atoms with Crippen LogP contribution in [0.4, 0.5) is 4.39 Å². The summed E-state index contributed by atoms with van der Waals surface area (Å²) in [7, 11) is 0. The molecule has 0 aliphatic heterocycles. The molecule has 0 aromatic heterocycles. The van der Waals surface area contributed by atoms with E-state index in [1.54, 1.807) is 19.9 Å². The van der Waals surface area contributed by atoms with Gasteiger partial charge in [-0.25, -0.2) is 4.39 Å². The Kier molecular flexibility index (Phi) is 4.35. The van der Waals surface area contributed by atoms with E-state index in [1.165, 1.54) is 23.9 Å². The molecule has 88 valence electrons. The second-order valence-corrected chi connectivity index (χ2v) is 5.41. The molecule has 0 amide bonds. The van der Waals surface area contributed by atoms with Crippen molar-refractivity contribution in [2.75, 3.05) is 5.75 Å². The smallest absolute Gasteiger partial charge is 0.309 e. The lowest BCUT2D eigenvalue weighted by atomic mass is 9.91. The van der Waals surface area contributed by atoms with Crippen molar-refractivity contribution < 1.29 is 14.3 Å². The average molecular weight is 242 g/mol. The third kappa shape index (κ3) is 3.85. The maximum absolute atomic E-state index is 12.8. The molecule has 0 radical (unpaired) electrons. The molecule has 0 spiro atoms. The molecule has 0 unspecified atom stereocenters. The number of carbonyl (C=O) groups is 1. The Labute approximate surface area is 98.9 Å². The fourth-order valence-electron chi connectivity index (χ4n) is 1.09. The van der Waals surface area contributed by atoms with Gasteiger partial charge in [0.1, 0.15) is 5.82 Å². The summed E-state index contributed by atoms with van der Waals surface area (Å²) < 4.78 is 12.8. The summed E-state index contributed by atoms with van der Waals surface area (Å²) in [6, 6.07) is 6.32. The van der Waals surface area contributed by atoms with Crippen molar-refractivity contribution >= 4 is 17.7 Å². The summed E-state index contributed by atoms with van der Waals surface area (Å²) in [5, 5.41) is 8.91. The topological polar surface area (TPSA) is 37.3 Å². The normalized spacial score (nSPS) is 11.4. The fourth-order valence-corrected chi connectivity index (χ4v) is 2.31.